The highest BCUT2D eigenvalue weighted by Gasteiger charge is 2.19. The molecule has 0 amide bonds. The summed E-state index contributed by atoms with van der Waals surface area (Å²) in [6.07, 6.45) is 15.2. The number of allylic oxidation sites excluding steroid dienone is 2. The summed E-state index contributed by atoms with van der Waals surface area (Å²) in [7, 11) is 0. The molecule has 1 saturated carbocycles. The molecule has 0 spiro atoms. The van der Waals surface area contributed by atoms with Crippen molar-refractivity contribution in [1.82, 2.24) is 0 Å². The van der Waals surface area contributed by atoms with E-state index in [1.807, 2.05) is 43.3 Å². The van der Waals surface area contributed by atoms with Gasteiger partial charge in [-0.05, 0) is 85.2 Å². The molecule has 3 aromatic rings. The molecule has 1 aliphatic rings. The van der Waals surface area contributed by atoms with Crippen LogP contribution in [0.2, 0.25) is 0 Å². The van der Waals surface area contributed by atoms with Gasteiger partial charge in [-0.1, -0.05) is 93.4 Å². The van der Waals surface area contributed by atoms with E-state index in [1.165, 1.54) is 50.5 Å². The van der Waals surface area contributed by atoms with Gasteiger partial charge in [-0.3, -0.25) is 0 Å². The zero-order chi connectivity index (χ0) is 23.8. The van der Waals surface area contributed by atoms with Crippen LogP contribution >= 0.6 is 0 Å². The Bertz CT molecular complexity index is 1160. The smallest absolute Gasteiger partial charge is 0.134 e. The minimum Gasteiger partial charge on any atom is -0.206 e. The summed E-state index contributed by atoms with van der Waals surface area (Å²) in [4.78, 5) is 0. The lowest BCUT2D eigenvalue weighted by atomic mass is 9.78. The third kappa shape index (κ3) is 6.38. The predicted octanol–water partition coefficient (Wildman–Crippen LogP) is 9.04. The summed E-state index contributed by atoms with van der Waals surface area (Å²) in [5.74, 6) is 8.32. The first-order chi connectivity index (χ1) is 16.7. The van der Waals surface area contributed by atoms with Gasteiger partial charge in [-0.2, -0.15) is 0 Å². The van der Waals surface area contributed by atoms with Crippen LogP contribution in [0, 0.1) is 29.5 Å². The van der Waals surface area contributed by atoms with Gasteiger partial charge in [0.05, 0.1) is 0 Å². The first kappa shape index (κ1) is 24.3. The molecule has 0 N–H and O–H groups in total. The zero-order valence-corrected chi connectivity index (χ0v) is 20.7. The third-order valence-corrected chi connectivity index (χ3v) is 7.54. The summed E-state index contributed by atoms with van der Waals surface area (Å²) in [5, 5.41) is 1.58. The number of benzene rings is 3. The van der Waals surface area contributed by atoms with Gasteiger partial charge in [0, 0.05) is 16.5 Å². The fourth-order valence-corrected chi connectivity index (χ4v) is 5.21. The normalized spacial score (nSPS) is 18.2. The van der Waals surface area contributed by atoms with E-state index in [1.54, 1.807) is 0 Å². The first-order valence-corrected chi connectivity index (χ1v) is 13.1. The third-order valence-electron chi connectivity index (χ3n) is 7.54. The van der Waals surface area contributed by atoms with Crippen LogP contribution in [-0.2, 0) is 12.8 Å². The standard InChI is InChI=1S/C33H37F/c1-3-5-6-7-30-21-22-31-24-29(20-23-32(31)33(30)34)19-18-28-16-14-27(15-17-28)13-12-26-10-8-25(4-2)9-11-26/h3,5,14-17,20-26H,4,6-13H2,1-2H3/b5-3+. The van der Waals surface area contributed by atoms with Crippen LogP contribution in [-0.4, -0.2) is 0 Å². The Kier molecular flexibility index (Phi) is 8.59. The molecule has 0 atom stereocenters. The Morgan fingerprint density at radius 1 is 0.853 bits per heavy atom. The first-order valence-electron chi connectivity index (χ1n) is 13.1. The van der Waals surface area contributed by atoms with Crippen LogP contribution in [0.1, 0.15) is 81.0 Å². The topological polar surface area (TPSA) is 0 Å². The van der Waals surface area contributed by atoms with Crippen LogP contribution in [0.25, 0.3) is 10.8 Å². The van der Waals surface area contributed by atoms with Gasteiger partial charge < -0.3 is 0 Å². The van der Waals surface area contributed by atoms with Crippen molar-refractivity contribution in [2.75, 3.05) is 0 Å². The molecule has 1 aliphatic carbocycles. The second-order valence-corrected chi connectivity index (χ2v) is 9.86. The fraction of sp³-hybridized carbons (Fsp3) is 0.394. The number of rotatable bonds is 7. The molecule has 0 nitrogen and oxygen atoms in total. The highest BCUT2D eigenvalue weighted by molar-refractivity contribution is 5.85. The highest BCUT2D eigenvalue weighted by atomic mass is 19.1. The molecule has 1 heteroatoms. The van der Waals surface area contributed by atoms with Gasteiger partial charge in [0.25, 0.3) is 0 Å². The van der Waals surface area contributed by atoms with E-state index in [0.29, 0.717) is 5.39 Å². The molecule has 3 aromatic carbocycles. The molecule has 0 radical (unpaired) electrons. The molecule has 4 rings (SSSR count). The molecular formula is C33H37F. The number of halogens is 1. The second kappa shape index (κ2) is 12.0. The van der Waals surface area contributed by atoms with E-state index in [2.05, 4.69) is 49.1 Å². The number of hydrogen-bond donors (Lipinski definition) is 0. The van der Waals surface area contributed by atoms with Crippen molar-refractivity contribution in [3.63, 3.8) is 0 Å². The molecule has 0 heterocycles. The predicted molar refractivity (Wildman–Crippen MR) is 144 cm³/mol. The van der Waals surface area contributed by atoms with Crippen LogP contribution in [0.5, 0.6) is 0 Å². The Hall–Kier alpha value is -2.85. The monoisotopic (exact) mass is 452 g/mol. The summed E-state index contributed by atoms with van der Waals surface area (Å²) < 4.78 is 14.9. The van der Waals surface area contributed by atoms with Crippen molar-refractivity contribution >= 4 is 10.8 Å². The molecule has 0 saturated heterocycles. The van der Waals surface area contributed by atoms with Gasteiger partial charge in [-0.25, -0.2) is 4.39 Å². The van der Waals surface area contributed by atoms with E-state index in [0.717, 1.165) is 46.8 Å². The molecule has 176 valence electrons. The van der Waals surface area contributed by atoms with Crippen LogP contribution < -0.4 is 0 Å². The molecule has 0 aliphatic heterocycles. The van der Waals surface area contributed by atoms with Crippen LogP contribution in [0.4, 0.5) is 4.39 Å². The van der Waals surface area contributed by atoms with Crippen molar-refractivity contribution in [2.24, 2.45) is 11.8 Å². The summed E-state index contributed by atoms with van der Waals surface area (Å²) in [6, 6.07) is 18.4. The van der Waals surface area contributed by atoms with Gasteiger partial charge in [-0.15, -0.1) is 0 Å². The minimum atomic E-state index is -0.101. The minimum absolute atomic E-state index is 0.101. The molecule has 0 bridgehead atoms. The Morgan fingerprint density at radius 3 is 2.29 bits per heavy atom. The van der Waals surface area contributed by atoms with Crippen molar-refractivity contribution in [2.45, 2.75) is 71.6 Å². The van der Waals surface area contributed by atoms with E-state index in [-0.39, 0.29) is 5.82 Å². The number of fused-ring (bicyclic) bond motifs is 1. The number of hydrogen-bond acceptors (Lipinski definition) is 0. The van der Waals surface area contributed by atoms with Crippen molar-refractivity contribution in [3.05, 3.63) is 94.8 Å². The largest absolute Gasteiger partial charge is 0.206 e. The zero-order valence-electron chi connectivity index (χ0n) is 20.7. The van der Waals surface area contributed by atoms with E-state index >= 15 is 0 Å². The molecule has 0 unspecified atom stereocenters. The molecule has 34 heavy (non-hydrogen) atoms. The van der Waals surface area contributed by atoms with Crippen molar-refractivity contribution in [3.8, 4) is 11.8 Å². The van der Waals surface area contributed by atoms with E-state index in [9.17, 15) is 4.39 Å². The van der Waals surface area contributed by atoms with Crippen LogP contribution in [0.15, 0.2) is 66.7 Å². The lowest BCUT2D eigenvalue weighted by Gasteiger charge is -2.27. The quantitative estimate of drug-likeness (QED) is 0.248. The second-order valence-electron chi connectivity index (χ2n) is 9.86. The SMILES string of the molecule is C/C=C/CCc1ccc2cc(C#Cc3ccc(CCC4CCC(CC)CC4)cc3)ccc2c1F. The maximum absolute atomic E-state index is 14.9. The van der Waals surface area contributed by atoms with Gasteiger partial charge in [0.15, 0.2) is 0 Å². The molecular weight excluding hydrogens is 415 g/mol. The Labute approximate surface area is 205 Å². The van der Waals surface area contributed by atoms with E-state index in [4.69, 9.17) is 0 Å². The Balaban J connectivity index is 1.36. The molecule has 0 aromatic heterocycles. The summed E-state index contributed by atoms with van der Waals surface area (Å²) >= 11 is 0. The number of aryl methyl sites for hydroxylation is 2. The maximum atomic E-state index is 14.9. The van der Waals surface area contributed by atoms with E-state index < -0.39 is 0 Å². The van der Waals surface area contributed by atoms with Gasteiger partial charge >= 0.3 is 0 Å². The van der Waals surface area contributed by atoms with Crippen molar-refractivity contribution < 1.29 is 4.39 Å². The lowest BCUT2D eigenvalue weighted by Crippen LogP contribution is -2.14. The van der Waals surface area contributed by atoms with Gasteiger partial charge in [0.1, 0.15) is 5.82 Å². The summed E-state index contributed by atoms with van der Waals surface area (Å²) in [5.41, 5.74) is 4.13. The Morgan fingerprint density at radius 2 is 1.56 bits per heavy atom. The highest BCUT2D eigenvalue weighted by Crippen LogP contribution is 2.33. The molecule has 1 fully saturated rings. The van der Waals surface area contributed by atoms with Gasteiger partial charge in [0.2, 0.25) is 0 Å². The van der Waals surface area contributed by atoms with Crippen LogP contribution in [0.3, 0.4) is 0 Å². The maximum Gasteiger partial charge on any atom is 0.134 e. The lowest BCUT2D eigenvalue weighted by molar-refractivity contribution is 0.259. The summed E-state index contributed by atoms with van der Waals surface area (Å²) in [6.45, 7) is 4.32. The fourth-order valence-electron chi connectivity index (χ4n) is 5.21. The van der Waals surface area contributed by atoms with Crippen molar-refractivity contribution in [1.29, 1.82) is 0 Å². The average molecular weight is 453 g/mol. The average Bonchev–Trinajstić information content (AvgIpc) is 2.88.